The zero-order chi connectivity index (χ0) is 17.1. The Morgan fingerprint density at radius 3 is 2.08 bits per heavy atom. The fourth-order valence-corrected chi connectivity index (χ4v) is 7.27. The van der Waals surface area contributed by atoms with Crippen LogP contribution >= 0.6 is 0 Å². The molecule has 0 aromatic carbocycles. The summed E-state index contributed by atoms with van der Waals surface area (Å²) in [7, 11) is 0. The highest BCUT2D eigenvalue weighted by Crippen LogP contribution is 2.66. The molecular weight excluding hydrogens is 305 g/mol. The molecule has 5 nitrogen and oxygen atoms in total. The quantitative estimate of drug-likeness (QED) is 0.728. The van der Waals surface area contributed by atoms with E-state index in [1.54, 1.807) is 0 Å². The molecule has 24 heavy (non-hydrogen) atoms. The minimum absolute atomic E-state index is 0.160. The summed E-state index contributed by atoms with van der Waals surface area (Å²) in [6.45, 7) is 8.12. The highest BCUT2D eigenvalue weighted by atomic mass is 16.7. The first-order valence-electron chi connectivity index (χ1n) is 9.66. The minimum Gasteiger partial charge on any atom is -0.600 e. The molecule has 0 radical (unpaired) electrons. The first kappa shape index (κ1) is 15.2. The van der Waals surface area contributed by atoms with Crippen molar-refractivity contribution < 1.29 is 23.3 Å². The molecule has 0 N–H and O–H groups in total. The summed E-state index contributed by atoms with van der Waals surface area (Å²) in [5.74, 6) is 2.30. The first-order chi connectivity index (χ1) is 11.2. The van der Waals surface area contributed by atoms with Gasteiger partial charge in [0.1, 0.15) is 13.1 Å². The molecule has 6 heteroatoms. The Labute approximate surface area is 143 Å². The van der Waals surface area contributed by atoms with E-state index >= 15 is 0 Å². The Bertz CT molecular complexity index is 627. The number of fused-ring (bicyclic) bond motifs is 4. The van der Waals surface area contributed by atoms with Gasteiger partial charge in [-0.1, -0.05) is 40.0 Å². The summed E-state index contributed by atoms with van der Waals surface area (Å²) >= 11 is 0. The van der Waals surface area contributed by atoms with Crippen molar-refractivity contribution in [2.75, 3.05) is 13.1 Å². The standard InChI is InChI=1S/C18H28BNO4/c1-10-5-14(10)19-20(8-16(21)23-19,9-17(22)24-19)15-7-12-6-13(11(15)2)18(12,3)4/h10-15H,5-9H2,1-4H3/t10-,11-,12?,13?,14-,15-,19?,20?/m0/s1. The van der Waals surface area contributed by atoms with Crippen molar-refractivity contribution in [3.8, 4) is 0 Å². The first-order valence-corrected chi connectivity index (χ1v) is 9.66. The third kappa shape index (κ3) is 1.53. The van der Waals surface area contributed by atoms with Gasteiger partial charge in [-0.2, -0.15) is 0 Å². The van der Waals surface area contributed by atoms with Gasteiger partial charge < -0.3 is 13.7 Å². The average Bonchev–Trinajstić information content (AvgIpc) is 3.06. The molecule has 2 unspecified atom stereocenters. The Morgan fingerprint density at radius 1 is 1.04 bits per heavy atom. The second-order valence-electron chi connectivity index (χ2n) is 10.0. The average molecular weight is 333 g/mol. The van der Waals surface area contributed by atoms with E-state index in [4.69, 9.17) is 9.31 Å². The van der Waals surface area contributed by atoms with E-state index in [0.717, 1.165) is 12.8 Å². The molecule has 4 aliphatic carbocycles. The summed E-state index contributed by atoms with van der Waals surface area (Å²) in [6.07, 6.45) is 3.41. The molecule has 2 aliphatic heterocycles. The minimum atomic E-state index is -1.84. The number of hydrogen-bond donors (Lipinski definition) is 0. The topological polar surface area (TPSA) is 52.6 Å². The number of quaternary nitrogens is 1. The SMILES string of the molecule is C[C@H]1C[C@@H]1[B-]12OC(=O)C[N+]1([C@H]1CC3CC([C@@H]1C)C3(C)C)CC(=O)O2. The number of carbonyl (C=O) groups excluding carboxylic acids is 2. The van der Waals surface area contributed by atoms with E-state index in [0.29, 0.717) is 52.6 Å². The predicted octanol–water partition coefficient (Wildman–Crippen LogP) is 2.34. The van der Waals surface area contributed by atoms with Gasteiger partial charge in [-0.3, -0.25) is 9.59 Å². The second-order valence-corrected chi connectivity index (χ2v) is 10.0. The van der Waals surface area contributed by atoms with Crippen LogP contribution in [0.5, 0.6) is 0 Å². The van der Waals surface area contributed by atoms with E-state index in [9.17, 15) is 9.59 Å². The molecule has 6 atom stereocenters. The van der Waals surface area contributed by atoms with Crippen LogP contribution in [0.15, 0.2) is 0 Å². The van der Waals surface area contributed by atoms with Crippen LogP contribution in [-0.2, 0) is 18.9 Å². The molecule has 6 rings (SSSR count). The third-order valence-corrected chi connectivity index (χ3v) is 8.85. The van der Waals surface area contributed by atoms with E-state index in [2.05, 4.69) is 27.7 Å². The maximum absolute atomic E-state index is 12.4. The lowest BCUT2D eigenvalue weighted by atomic mass is 9.43. The van der Waals surface area contributed by atoms with Gasteiger partial charge in [0, 0.05) is 5.92 Å². The predicted molar refractivity (Wildman–Crippen MR) is 88.4 cm³/mol. The molecule has 2 heterocycles. The molecule has 0 aromatic rings. The van der Waals surface area contributed by atoms with Crippen LogP contribution in [0, 0.1) is 29.1 Å². The fraction of sp³-hybridized carbons (Fsp3) is 0.889. The molecule has 6 fully saturated rings. The van der Waals surface area contributed by atoms with Crippen molar-refractivity contribution in [1.82, 2.24) is 0 Å². The van der Waals surface area contributed by atoms with Gasteiger partial charge in [-0.15, -0.1) is 0 Å². The lowest BCUT2D eigenvalue weighted by Crippen LogP contribution is -2.73. The maximum Gasteiger partial charge on any atom is 0.587 e. The molecule has 132 valence electrons. The van der Waals surface area contributed by atoms with Crippen LogP contribution in [0.25, 0.3) is 0 Å². The van der Waals surface area contributed by atoms with E-state index < -0.39 is 6.69 Å². The van der Waals surface area contributed by atoms with Crippen LogP contribution in [0.1, 0.15) is 47.0 Å². The van der Waals surface area contributed by atoms with Crippen molar-refractivity contribution >= 4 is 18.6 Å². The van der Waals surface area contributed by atoms with Crippen molar-refractivity contribution in [2.45, 2.75) is 58.8 Å². The summed E-state index contributed by atoms with van der Waals surface area (Å²) in [6, 6.07) is 0.326. The molecule has 4 saturated carbocycles. The van der Waals surface area contributed by atoms with Gasteiger partial charge in [-0.25, -0.2) is 0 Å². The van der Waals surface area contributed by atoms with Gasteiger partial charge >= 0.3 is 18.6 Å². The normalized spacial score (nSPS) is 57.0. The van der Waals surface area contributed by atoms with Gasteiger partial charge in [0.05, 0.1) is 6.04 Å². The Hall–Kier alpha value is -1.04. The van der Waals surface area contributed by atoms with Gasteiger partial charge in [0.15, 0.2) is 0 Å². The smallest absolute Gasteiger partial charge is 0.587 e. The zero-order valence-electron chi connectivity index (χ0n) is 15.2. The Balaban J connectivity index is 1.58. The zero-order valence-corrected chi connectivity index (χ0v) is 15.2. The summed E-state index contributed by atoms with van der Waals surface area (Å²) in [5.41, 5.74) is 0.395. The molecule has 6 aliphatic rings. The van der Waals surface area contributed by atoms with Crippen LogP contribution < -0.4 is 0 Å². The van der Waals surface area contributed by atoms with Gasteiger partial charge in [0.25, 0.3) is 0 Å². The highest BCUT2D eigenvalue weighted by Gasteiger charge is 2.78. The number of nitrogens with zero attached hydrogens (tertiary/aromatic N) is 1. The summed E-state index contributed by atoms with van der Waals surface area (Å²) < 4.78 is 12.3. The fourth-order valence-electron chi connectivity index (χ4n) is 7.27. The van der Waals surface area contributed by atoms with Crippen molar-refractivity contribution in [3.05, 3.63) is 0 Å². The number of carbonyl (C=O) groups is 2. The van der Waals surface area contributed by atoms with E-state index in [1.165, 1.54) is 6.42 Å². The van der Waals surface area contributed by atoms with Crippen LogP contribution in [-0.4, -0.2) is 42.2 Å². The summed E-state index contributed by atoms with van der Waals surface area (Å²) in [5, 5.41) is 0. The highest BCUT2D eigenvalue weighted by molar-refractivity contribution is 6.68. The second kappa shape index (κ2) is 4.20. The molecular formula is C18H28BNO4. The van der Waals surface area contributed by atoms with Crippen LogP contribution in [0.2, 0.25) is 5.82 Å². The largest absolute Gasteiger partial charge is 0.600 e. The maximum atomic E-state index is 12.4. The van der Waals surface area contributed by atoms with Crippen molar-refractivity contribution in [2.24, 2.45) is 29.1 Å². The summed E-state index contributed by atoms with van der Waals surface area (Å²) in [4.78, 5) is 24.7. The molecule has 0 spiro atoms. The van der Waals surface area contributed by atoms with Crippen LogP contribution in [0.4, 0.5) is 0 Å². The monoisotopic (exact) mass is 333 g/mol. The lowest BCUT2D eigenvalue weighted by molar-refractivity contribution is -0.852. The third-order valence-electron chi connectivity index (χ3n) is 8.85. The lowest BCUT2D eigenvalue weighted by Gasteiger charge is -2.66. The van der Waals surface area contributed by atoms with E-state index in [-0.39, 0.29) is 17.8 Å². The van der Waals surface area contributed by atoms with E-state index in [1.807, 2.05) is 0 Å². The van der Waals surface area contributed by atoms with Crippen molar-refractivity contribution in [3.63, 3.8) is 0 Å². The van der Waals surface area contributed by atoms with Gasteiger partial charge in [-0.05, 0) is 35.9 Å². The number of rotatable bonds is 2. The van der Waals surface area contributed by atoms with Crippen LogP contribution in [0.3, 0.4) is 0 Å². The molecule has 0 aromatic heterocycles. The number of hydrogen-bond acceptors (Lipinski definition) is 4. The van der Waals surface area contributed by atoms with Crippen molar-refractivity contribution in [1.29, 1.82) is 0 Å². The molecule has 0 amide bonds. The Kier molecular flexibility index (Phi) is 2.66. The molecule has 2 bridgehead atoms. The van der Waals surface area contributed by atoms with Gasteiger partial charge in [0.2, 0.25) is 0 Å². The molecule has 2 saturated heterocycles. The Morgan fingerprint density at radius 2 is 1.62 bits per heavy atom.